The first-order chi connectivity index (χ1) is 11.1. The maximum absolute atomic E-state index is 12.1. The fourth-order valence-corrected chi connectivity index (χ4v) is 3.15. The van der Waals surface area contributed by atoms with E-state index in [0.29, 0.717) is 0 Å². The van der Waals surface area contributed by atoms with Crippen LogP contribution in [-0.4, -0.2) is 32.2 Å². The van der Waals surface area contributed by atoms with Crippen molar-refractivity contribution in [3.63, 3.8) is 0 Å². The Bertz CT molecular complexity index is 822. The first kappa shape index (κ1) is 15.2. The second kappa shape index (κ2) is 6.62. The summed E-state index contributed by atoms with van der Waals surface area (Å²) in [6.07, 6.45) is 0.801. The van der Waals surface area contributed by atoms with Gasteiger partial charge in [-0.25, -0.2) is 0 Å². The summed E-state index contributed by atoms with van der Waals surface area (Å²) < 4.78 is 0. The minimum Gasteiger partial charge on any atom is -0.290 e. The molecule has 3 aromatic rings. The third-order valence-electron chi connectivity index (χ3n) is 3.48. The fraction of sp³-hybridized carbons (Fsp3) is 0.188. The van der Waals surface area contributed by atoms with Crippen LogP contribution in [0.15, 0.2) is 35.7 Å². The molecule has 0 unspecified atom stereocenters. The molecule has 2 heterocycles. The quantitative estimate of drug-likeness (QED) is 0.554. The Hall–Kier alpha value is -2.67. The van der Waals surface area contributed by atoms with Crippen LogP contribution in [0.3, 0.4) is 0 Å². The van der Waals surface area contributed by atoms with Crippen LogP contribution < -0.4 is 0 Å². The largest absolute Gasteiger partial charge is 0.290 e. The van der Waals surface area contributed by atoms with Gasteiger partial charge in [0.15, 0.2) is 0 Å². The number of ketones is 2. The summed E-state index contributed by atoms with van der Waals surface area (Å²) in [5.74, 6) is -1.44. The third kappa shape index (κ3) is 3.57. The van der Waals surface area contributed by atoms with Crippen LogP contribution in [0.2, 0.25) is 0 Å². The van der Waals surface area contributed by atoms with Crippen LogP contribution in [0.1, 0.15) is 32.2 Å². The molecular weight excluding hydrogens is 312 g/mol. The Morgan fingerprint density at radius 3 is 2.65 bits per heavy atom. The van der Waals surface area contributed by atoms with Crippen LogP contribution in [0.25, 0.3) is 0 Å². The van der Waals surface area contributed by atoms with Gasteiger partial charge in [-0.1, -0.05) is 29.8 Å². The van der Waals surface area contributed by atoms with E-state index in [-0.39, 0.29) is 12.2 Å². The molecule has 0 atom stereocenters. The minimum atomic E-state index is -0.716. The van der Waals surface area contributed by atoms with Gasteiger partial charge in [0.2, 0.25) is 11.6 Å². The van der Waals surface area contributed by atoms with Crippen molar-refractivity contribution in [1.29, 1.82) is 0 Å². The van der Waals surface area contributed by atoms with Crippen molar-refractivity contribution in [3.8, 4) is 0 Å². The normalized spacial score (nSPS) is 10.7. The van der Waals surface area contributed by atoms with E-state index in [1.54, 1.807) is 11.3 Å². The van der Waals surface area contributed by atoms with E-state index in [0.717, 1.165) is 16.9 Å². The highest BCUT2D eigenvalue weighted by Crippen LogP contribution is 2.22. The van der Waals surface area contributed by atoms with Crippen LogP contribution >= 0.6 is 11.3 Å². The Morgan fingerprint density at radius 2 is 1.96 bits per heavy atom. The number of hydrogen-bond acceptors (Lipinski definition) is 6. The number of Topliss-reactive ketones (excluding diaryl/α,β-unsaturated/α-hetero) is 2. The van der Waals surface area contributed by atoms with Crippen molar-refractivity contribution in [1.82, 2.24) is 20.6 Å². The SMILES string of the molecule is Cc1ccc(Cc2sccc2CC(=O)C(=O)c2nn[nH]n2)cc1. The number of nitrogens with zero attached hydrogens (tertiary/aromatic N) is 3. The average molecular weight is 326 g/mol. The molecule has 0 saturated heterocycles. The number of thiophene rings is 1. The van der Waals surface area contributed by atoms with E-state index in [1.807, 2.05) is 18.4 Å². The van der Waals surface area contributed by atoms with Crippen LogP contribution in [0.5, 0.6) is 0 Å². The van der Waals surface area contributed by atoms with Crippen LogP contribution in [0.4, 0.5) is 0 Å². The monoisotopic (exact) mass is 326 g/mol. The molecule has 116 valence electrons. The number of carbonyl (C=O) groups is 2. The van der Waals surface area contributed by atoms with Gasteiger partial charge in [-0.05, 0) is 34.7 Å². The number of tetrazole rings is 1. The molecular formula is C16H14N4O2S. The molecule has 0 bridgehead atoms. The zero-order chi connectivity index (χ0) is 16.2. The standard InChI is InChI=1S/C16H14N4O2S/c1-10-2-4-11(5-3-10)8-14-12(6-7-23-14)9-13(21)15(22)16-17-19-20-18-16/h2-7H,8-9H2,1H3,(H,17,18,19,20). The number of H-pyrrole nitrogens is 1. The molecule has 0 saturated carbocycles. The molecule has 1 N–H and O–H groups in total. The van der Waals surface area contributed by atoms with Crippen LogP contribution in [-0.2, 0) is 17.6 Å². The third-order valence-corrected chi connectivity index (χ3v) is 4.44. The molecule has 0 aliphatic heterocycles. The molecule has 1 aromatic carbocycles. The summed E-state index contributed by atoms with van der Waals surface area (Å²) >= 11 is 1.59. The Balaban J connectivity index is 1.72. The summed E-state index contributed by atoms with van der Waals surface area (Å²) in [5.41, 5.74) is 3.26. The predicted molar refractivity (Wildman–Crippen MR) is 85.5 cm³/mol. The van der Waals surface area contributed by atoms with Gasteiger partial charge in [0.1, 0.15) is 0 Å². The van der Waals surface area contributed by atoms with E-state index in [9.17, 15) is 9.59 Å². The minimum absolute atomic E-state index is 0.0536. The number of nitrogens with one attached hydrogen (secondary N) is 1. The van der Waals surface area contributed by atoms with E-state index >= 15 is 0 Å². The van der Waals surface area contributed by atoms with Gasteiger partial charge >= 0.3 is 0 Å². The number of rotatable bonds is 6. The first-order valence-electron chi connectivity index (χ1n) is 7.05. The Kier molecular flexibility index (Phi) is 4.38. The molecule has 7 heteroatoms. The topological polar surface area (TPSA) is 88.6 Å². The molecule has 6 nitrogen and oxygen atoms in total. The summed E-state index contributed by atoms with van der Waals surface area (Å²) in [7, 11) is 0. The predicted octanol–water partition coefficient (Wildman–Crippen LogP) is 2.15. The van der Waals surface area contributed by atoms with Gasteiger partial charge in [0.25, 0.3) is 5.78 Å². The molecule has 0 amide bonds. The summed E-state index contributed by atoms with van der Waals surface area (Å²) in [6, 6.07) is 10.2. The van der Waals surface area contributed by atoms with E-state index in [1.165, 1.54) is 11.1 Å². The van der Waals surface area contributed by atoms with Crippen molar-refractivity contribution in [2.45, 2.75) is 19.8 Å². The molecule has 2 aromatic heterocycles. The van der Waals surface area contributed by atoms with Crippen molar-refractivity contribution in [2.75, 3.05) is 0 Å². The summed E-state index contributed by atoms with van der Waals surface area (Å²) in [6.45, 7) is 2.04. The lowest BCUT2D eigenvalue weighted by atomic mass is 10.0. The second-order valence-electron chi connectivity index (χ2n) is 5.20. The molecule has 0 fully saturated rings. The first-order valence-corrected chi connectivity index (χ1v) is 7.93. The highest BCUT2D eigenvalue weighted by molar-refractivity contribution is 7.10. The smallest absolute Gasteiger partial charge is 0.269 e. The van der Waals surface area contributed by atoms with Gasteiger partial charge < -0.3 is 0 Å². The van der Waals surface area contributed by atoms with E-state index in [4.69, 9.17) is 0 Å². The average Bonchev–Trinajstić information content (AvgIpc) is 3.21. The van der Waals surface area contributed by atoms with Crippen molar-refractivity contribution in [3.05, 3.63) is 63.1 Å². The number of aryl methyl sites for hydroxylation is 1. The van der Waals surface area contributed by atoms with Gasteiger partial charge in [0.05, 0.1) is 0 Å². The van der Waals surface area contributed by atoms with Gasteiger partial charge in [0, 0.05) is 17.7 Å². The summed E-state index contributed by atoms with van der Waals surface area (Å²) in [5, 5.41) is 14.5. The summed E-state index contributed by atoms with van der Waals surface area (Å²) in [4.78, 5) is 25.1. The highest BCUT2D eigenvalue weighted by Gasteiger charge is 2.22. The Morgan fingerprint density at radius 1 is 1.17 bits per heavy atom. The van der Waals surface area contributed by atoms with Crippen molar-refractivity contribution >= 4 is 22.9 Å². The number of aromatic nitrogens is 4. The van der Waals surface area contributed by atoms with Gasteiger partial charge in [-0.3, -0.25) is 9.59 Å². The maximum Gasteiger partial charge on any atom is 0.269 e. The zero-order valence-corrected chi connectivity index (χ0v) is 13.3. The molecule has 0 spiro atoms. The van der Waals surface area contributed by atoms with E-state index < -0.39 is 11.6 Å². The fourth-order valence-electron chi connectivity index (χ4n) is 2.21. The van der Waals surface area contributed by atoms with Crippen LogP contribution in [0, 0.1) is 6.92 Å². The molecule has 0 radical (unpaired) electrons. The second-order valence-corrected chi connectivity index (χ2v) is 6.20. The lowest BCUT2D eigenvalue weighted by molar-refractivity contribution is -0.114. The Labute approximate surface area is 136 Å². The lowest BCUT2D eigenvalue weighted by Gasteiger charge is -2.04. The van der Waals surface area contributed by atoms with Gasteiger partial charge in [-0.15, -0.1) is 21.5 Å². The lowest BCUT2D eigenvalue weighted by Crippen LogP contribution is -2.18. The maximum atomic E-state index is 12.1. The molecule has 23 heavy (non-hydrogen) atoms. The highest BCUT2D eigenvalue weighted by atomic mass is 32.1. The number of hydrogen-bond donors (Lipinski definition) is 1. The van der Waals surface area contributed by atoms with Crippen molar-refractivity contribution in [2.24, 2.45) is 0 Å². The number of benzene rings is 1. The molecule has 0 aliphatic carbocycles. The molecule has 3 rings (SSSR count). The zero-order valence-electron chi connectivity index (χ0n) is 12.4. The molecule has 0 aliphatic rings. The van der Waals surface area contributed by atoms with Gasteiger partial charge in [-0.2, -0.15) is 5.21 Å². The van der Waals surface area contributed by atoms with Crippen molar-refractivity contribution < 1.29 is 9.59 Å². The van der Waals surface area contributed by atoms with E-state index in [2.05, 4.69) is 44.9 Å². The number of carbonyl (C=O) groups excluding carboxylic acids is 2. The number of aromatic amines is 1.